The Hall–Kier alpha value is -2.50. The van der Waals surface area contributed by atoms with Gasteiger partial charge in [-0.25, -0.2) is 0 Å². The summed E-state index contributed by atoms with van der Waals surface area (Å²) in [7, 11) is 0. The van der Waals surface area contributed by atoms with E-state index in [1.54, 1.807) is 0 Å². The standard InChI is InChI=1S/C28H33NO3/c29-26-17-16-25(21-30-18-22-10-4-1-5-11-22)27(31-19-23-12-6-2-7-13-23)28(26)32-20-24-14-8-3-9-15-24/h1-15,25-28H,16-21,29H2/t25-,26+,27+,28-/m1/s1. The van der Waals surface area contributed by atoms with E-state index in [1.807, 2.05) is 54.6 Å². The lowest BCUT2D eigenvalue weighted by atomic mass is 9.81. The minimum atomic E-state index is -0.169. The highest BCUT2D eigenvalue weighted by molar-refractivity contribution is 5.15. The van der Waals surface area contributed by atoms with Crippen LogP contribution < -0.4 is 5.73 Å². The third kappa shape index (κ3) is 6.50. The molecule has 168 valence electrons. The molecule has 3 aromatic rings. The second kappa shape index (κ2) is 11.9. The molecule has 4 rings (SSSR count). The first-order valence-electron chi connectivity index (χ1n) is 11.5. The zero-order chi connectivity index (χ0) is 22.0. The average molecular weight is 432 g/mol. The smallest absolute Gasteiger partial charge is 0.0995 e. The van der Waals surface area contributed by atoms with Crippen molar-refractivity contribution in [3.63, 3.8) is 0 Å². The van der Waals surface area contributed by atoms with Crippen LogP contribution in [0, 0.1) is 5.92 Å². The van der Waals surface area contributed by atoms with Crippen LogP contribution in [0.5, 0.6) is 0 Å². The molecule has 0 radical (unpaired) electrons. The second-order valence-corrected chi connectivity index (χ2v) is 8.52. The molecule has 2 N–H and O–H groups in total. The van der Waals surface area contributed by atoms with Gasteiger partial charge in [-0.1, -0.05) is 91.0 Å². The van der Waals surface area contributed by atoms with Gasteiger partial charge in [0.2, 0.25) is 0 Å². The van der Waals surface area contributed by atoms with Crippen LogP contribution in [0.25, 0.3) is 0 Å². The average Bonchev–Trinajstić information content (AvgIpc) is 2.85. The van der Waals surface area contributed by atoms with Gasteiger partial charge in [0.25, 0.3) is 0 Å². The molecule has 0 spiro atoms. The molecule has 4 heteroatoms. The van der Waals surface area contributed by atoms with Crippen molar-refractivity contribution in [3.05, 3.63) is 108 Å². The summed E-state index contributed by atoms with van der Waals surface area (Å²) < 4.78 is 19.0. The first-order valence-corrected chi connectivity index (χ1v) is 11.5. The van der Waals surface area contributed by atoms with E-state index in [4.69, 9.17) is 19.9 Å². The second-order valence-electron chi connectivity index (χ2n) is 8.52. The Balaban J connectivity index is 1.42. The molecule has 0 amide bonds. The maximum atomic E-state index is 6.54. The fourth-order valence-electron chi connectivity index (χ4n) is 4.31. The van der Waals surface area contributed by atoms with E-state index < -0.39 is 0 Å². The normalized spacial score (nSPS) is 23.2. The molecule has 4 nitrogen and oxygen atoms in total. The molecule has 32 heavy (non-hydrogen) atoms. The van der Waals surface area contributed by atoms with E-state index in [0.29, 0.717) is 26.4 Å². The van der Waals surface area contributed by atoms with Gasteiger partial charge in [0.15, 0.2) is 0 Å². The minimum Gasteiger partial charge on any atom is -0.376 e. The summed E-state index contributed by atoms with van der Waals surface area (Å²) in [4.78, 5) is 0. The zero-order valence-electron chi connectivity index (χ0n) is 18.5. The molecule has 0 aliphatic heterocycles. The van der Waals surface area contributed by atoms with Crippen LogP contribution in [0.4, 0.5) is 0 Å². The van der Waals surface area contributed by atoms with Crippen LogP contribution in [0.3, 0.4) is 0 Å². The van der Waals surface area contributed by atoms with Gasteiger partial charge < -0.3 is 19.9 Å². The van der Waals surface area contributed by atoms with Crippen LogP contribution in [0.2, 0.25) is 0 Å². The predicted molar refractivity (Wildman–Crippen MR) is 127 cm³/mol. The molecular formula is C28H33NO3. The molecule has 0 heterocycles. The van der Waals surface area contributed by atoms with Gasteiger partial charge in [-0.2, -0.15) is 0 Å². The fourth-order valence-corrected chi connectivity index (χ4v) is 4.31. The van der Waals surface area contributed by atoms with Crippen LogP contribution in [0.15, 0.2) is 91.0 Å². The molecule has 1 fully saturated rings. The van der Waals surface area contributed by atoms with Crippen molar-refractivity contribution >= 4 is 0 Å². The predicted octanol–water partition coefficient (Wildman–Crippen LogP) is 5.11. The Bertz CT molecular complexity index is 904. The first kappa shape index (κ1) is 22.7. The van der Waals surface area contributed by atoms with E-state index in [1.165, 1.54) is 5.56 Å². The fraction of sp³-hybridized carbons (Fsp3) is 0.357. The molecule has 1 saturated carbocycles. The van der Waals surface area contributed by atoms with Gasteiger partial charge in [0.1, 0.15) is 0 Å². The highest BCUT2D eigenvalue weighted by Gasteiger charge is 2.39. The summed E-state index contributed by atoms with van der Waals surface area (Å²) in [6.07, 6.45) is 1.60. The highest BCUT2D eigenvalue weighted by Crippen LogP contribution is 2.31. The van der Waals surface area contributed by atoms with Crippen molar-refractivity contribution < 1.29 is 14.2 Å². The number of nitrogens with two attached hydrogens (primary N) is 1. The summed E-state index contributed by atoms with van der Waals surface area (Å²) in [6, 6.07) is 30.7. The quantitative estimate of drug-likeness (QED) is 0.485. The maximum Gasteiger partial charge on any atom is 0.0995 e. The third-order valence-electron chi connectivity index (χ3n) is 6.10. The van der Waals surface area contributed by atoms with Gasteiger partial charge in [0, 0.05) is 12.0 Å². The van der Waals surface area contributed by atoms with Crippen molar-refractivity contribution in [3.8, 4) is 0 Å². The van der Waals surface area contributed by atoms with Crippen molar-refractivity contribution in [2.45, 2.75) is 50.9 Å². The molecular weight excluding hydrogens is 398 g/mol. The Morgan fingerprint density at radius 3 is 1.59 bits per heavy atom. The lowest BCUT2D eigenvalue weighted by molar-refractivity contribution is -0.147. The first-order chi connectivity index (χ1) is 15.8. The highest BCUT2D eigenvalue weighted by atomic mass is 16.5. The summed E-state index contributed by atoms with van der Waals surface area (Å²) in [6.45, 7) is 2.30. The molecule has 3 aromatic carbocycles. The van der Waals surface area contributed by atoms with E-state index in [2.05, 4.69) is 36.4 Å². The van der Waals surface area contributed by atoms with Gasteiger partial charge in [0.05, 0.1) is 38.6 Å². The third-order valence-corrected chi connectivity index (χ3v) is 6.10. The summed E-state index contributed by atoms with van der Waals surface area (Å²) in [5.74, 6) is 0.239. The van der Waals surface area contributed by atoms with Gasteiger partial charge in [-0.15, -0.1) is 0 Å². The van der Waals surface area contributed by atoms with E-state index in [0.717, 1.165) is 24.0 Å². The van der Waals surface area contributed by atoms with E-state index in [9.17, 15) is 0 Å². The number of hydrogen-bond donors (Lipinski definition) is 1. The van der Waals surface area contributed by atoms with Crippen molar-refractivity contribution in [1.82, 2.24) is 0 Å². The summed E-state index contributed by atoms with van der Waals surface area (Å²) >= 11 is 0. The maximum absolute atomic E-state index is 6.54. The van der Waals surface area contributed by atoms with Crippen molar-refractivity contribution in [2.75, 3.05) is 6.61 Å². The SMILES string of the molecule is N[C@H]1CC[C@H](COCc2ccccc2)[C@H](OCc2ccccc2)[C@@H]1OCc1ccccc1. The van der Waals surface area contributed by atoms with Crippen molar-refractivity contribution in [2.24, 2.45) is 11.7 Å². The molecule has 0 bridgehead atoms. The zero-order valence-corrected chi connectivity index (χ0v) is 18.5. The lowest BCUT2D eigenvalue weighted by Crippen LogP contribution is -2.53. The van der Waals surface area contributed by atoms with Crippen LogP contribution in [0.1, 0.15) is 29.5 Å². The largest absolute Gasteiger partial charge is 0.376 e. The Morgan fingerprint density at radius 1 is 0.594 bits per heavy atom. The molecule has 0 saturated heterocycles. The molecule has 1 aliphatic carbocycles. The minimum absolute atomic E-state index is 0.0511. The lowest BCUT2D eigenvalue weighted by Gasteiger charge is -2.41. The van der Waals surface area contributed by atoms with Crippen molar-refractivity contribution in [1.29, 1.82) is 0 Å². The van der Waals surface area contributed by atoms with Crippen LogP contribution >= 0.6 is 0 Å². The number of rotatable bonds is 10. The summed E-state index contributed by atoms with van der Waals surface area (Å²) in [5, 5.41) is 0. The number of ether oxygens (including phenoxy) is 3. The topological polar surface area (TPSA) is 53.7 Å². The number of benzene rings is 3. The molecule has 4 atom stereocenters. The van der Waals surface area contributed by atoms with Gasteiger partial charge in [-0.3, -0.25) is 0 Å². The Kier molecular flexibility index (Phi) is 8.46. The van der Waals surface area contributed by atoms with Crippen LogP contribution in [-0.2, 0) is 34.0 Å². The van der Waals surface area contributed by atoms with Gasteiger partial charge >= 0.3 is 0 Å². The Morgan fingerprint density at radius 2 is 1.06 bits per heavy atom. The van der Waals surface area contributed by atoms with E-state index in [-0.39, 0.29) is 24.2 Å². The monoisotopic (exact) mass is 431 g/mol. The molecule has 0 unspecified atom stereocenters. The summed E-state index contributed by atoms with van der Waals surface area (Å²) in [5.41, 5.74) is 10.0. The van der Waals surface area contributed by atoms with Crippen LogP contribution in [-0.4, -0.2) is 24.9 Å². The number of hydrogen-bond acceptors (Lipinski definition) is 4. The van der Waals surface area contributed by atoms with Gasteiger partial charge in [-0.05, 0) is 29.5 Å². The molecule has 1 aliphatic rings. The molecule has 0 aromatic heterocycles. The van der Waals surface area contributed by atoms with E-state index >= 15 is 0 Å². The Labute approximate surface area is 191 Å².